The van der Waals surface area contributed by atoms with Gasteiger partial charge in [0.2, 0.25) is 0 Å². The van der Waals surface area contributed by atoms with Crippen LogP contribution in [0.4, 0.5) is 0 Å². The highest BCUT2D eigenvalue weighted by molar-refractivity contribution is 5.82. The summed E-state index contributed by atoms with van der Waals surface area (Å²) in [7, 11) is 0. The van der Waals surface area contributed by atoms with Crippen LogP contribution < -0.4 is 10.7 Å². The van der Waals surface area contributed by atoms with Gasteiger partial charge in [0.1, 0.15) is 6.33 Å². The number of hydrogen-bond donors (Lipinski definition) is 1. The highest BCUT2D eigenvalue weighted by Crippen LogP contribution is 2.32. The Kier molecular flexibility index (Phi) is 3.27. The average Bonchev–Trinajstić information content (AvgIpc) is 3.08. The lowest BCUT2D eigenvalue weighted by molar-refractivity contribution is 0.355. The van der Waals surface area contributed by atoms with Crippen LogP contribution in [0.3, 0.4) is 0 Å². The number of imidazole rings is 1. The summed E-state index contributed by atoms with van der Waals surface area (Å²) in [6.45, 7) is 0.922. The summed E-state index contributed by atoms with van der Waals surface area (Å²) in [4.78, 5) is 8.79. The molecule has 1 fully saturated rings. The minimum atomic E-state index is 0.219. The zero-order valence-corrected chi connectivity index (χ0v) is 12.3. The Labute approximate surface area is 129 Å². The highest BCUT2D eigenvalue weighted by Gasteiger charge is 2.29. The second kappa shape index (κ2) is 5.42. The number of benzene rings is 1. The first-order valence-electron chi connectivity index (χ1n) is 7.67. The summed E-state index contributed by atoms with van der Waals surface area (Å²) in [6, 6.07) is 10.9. The molecule has 5 heteroatoms. The number of hydrogen-bond acceptors (Lipinski definition) is 4. The summed E-state index contributed by atoms with van der Waals surface area (Å²) < 4.78 is 2.07. The van der Waals surface area contributed by atoms with Crippen molar-refractivity contribution in [1.82, 2.24) is 14.6 Å². The van der Waals surface area contributed by atoms with E-state index in [4.69, 9.17) is 5.73 Å². The van der Waals surface area contributed by atoms with Crippen LogP contribution in [0.2, 0.25) is 0 Å². The van der Waals surface area contributed by atoms with E-state index >= 15 is 0 Å². The lowest BCUT2D eigenvalue weighted by Crippen LogP contribution is -2.47. The Morgan fingerprint density at radius 1 is 1.14 bits per heavy atom. The van der Waals surface area contributed by atoms with Crippen LogP contribution in [0.25, 0.3) is 10.9 Å². The second-order valence-corrected chi connectivity index (χ2v) is 5.83. The first-order chi connectivity index (χ1) is 10.8. The molecule has 2 N–H and O–H groups in total. The van der Waals surface area contributed by atoms with Crippen molar-refractivity contribution < 1.29 is 0 Å². The average molecular weight is 293 g/mol. The van der Waals surface area contributed by atoms with Gasteiger partial charge in [0, 0.05) is 42.1 Å². The van der Waals surface area contributed by atoms with Crippen LogP contribution in [-0.4, -0.2) is 27.2 Å². The number of piperidine rings is 1. The molecule has 1 aromatic carbocycles. The van der Waals surface area contributed by atoms with Crippen molar-refractivity contribution in [1.29, 1.82) is 0 Å². The van der Waals surface area contributed by atoms with E-state index in [0.717, 1.165) is 24.9 Å². The molecule has 2 unspecified atom stereocenters. The maximum Gasteiger partial charge on any atom is 0.114 e. The van der Waals surface area contributed by atoms with Gasteiger partial charge in [-0.05, 0) is 18.9 Å². The molecule has 1 aliphatic heterocycles. The van der Waals surface area contributed by atoms with Gasteiger partial charge >= 0.3 is 0 Å². The molecular weight excluding hydrogens is 274 g/mol. The van der Waals surface area contributed by atoms with Gasteiger partial charge in [-0.25, -0.2) is 4.98 Å². The minimum Gasteiger partial charge on any atom is -0.328 e. The molecule has 4 rings (SSSR count). The number of aromatic nitrogens is 3. The van der Waals surface area contributed by atoms with Crippen molar-refractivity contribution in [3.05, 3.63) is 60.8 Å². The lowest BCUT2D eigenvalue weighted by Gasteiger charge is -2.40. The third-order valence-corrected chi connectivity index (χ3v) is 4.42. The zero-order valence-electron chi connectivity index (χ0n) is 12.3. The maximum absolute atomic E-state index is 6.25. The van der Waals surface area contributed by atoms with Crippen LogP contribution >= 0.6 is 0 Å². The molecule has 0 radical (unpaired) electrons. The number of fused-ring (bicyclic) bond motifs is 1. The summed E-state index contributed by atoms with van der Waals surface area (Å²) in [6.07, 6.45) is 9.43. The molecule has 2 atom stereocenters. The molecule has 2 aromatic heterocycles. The molecule has 0 bridgehead atoms. The van der Waals surface area contributed by atoms with Crippen molar-refractivity contribution in [2.75, 3.05) is 11.6 Å². The Morgan fingerprint density at radius 2 is 2.05 bits per heavy atom. The smallest absolute Gasteiger partial charge is 0.114 e. The van der Waals surface area contributed by atoms with Gasteiger partial charge in [-0.15, -0.1) is 0 Å². The molecule has 0 spiro atoms. The maximum atomic E-state index is 6.25. The largest absolute Gasteiger partial charge is 0.328 e. The van der Waals surface area contributed by atoms with E-state index in [9.17, 15) is 0 Å². The van der Waals surface area contributed by atoms with Gasteiger partial charge in [-0.3, -0.25) is 9.66 Å². The quantitative estimate of drug-likeness (QED) is 0.787. The molecule has 112 valence electrons. The second-order valence-electron chi connectivity index (χ2n) is 5.83. The van der Waals surface area contributed by atoms with Gasteiger partial charge in [-0.2, -0.15) is 0 Å². The van der Waals surface area contributed by atoms with Gasteiger partial charge in [0.05, 0.1) is 11.6 Å². The molecule has 3 aromatic rings. The fourth-order valence-corrected chi connectivity index (χ4v) is 3.34. The molecular formula is C17H19N5. The third-order valence-electron chi connectivity index (χ3n) is 4.42. The SMILES string of the molecule is NC1CCN(n2ccnc2)C(c2cccc3cccnc23)C1. The number of nitrogens with two attached hydrogens (primary N) is 1. The van der Waals surface area contributed by atoms with Crippen LogP contribution in [0.1, 0.15) is 24.4 Å². The Morgan fingerprint density at radius 3 is 2.91 bits per heavy atom. The zero-order chi connectivity index (χ0) is 14.9. The highest BCUT2D eigenvalue weighted by atomic mass is 15.6. The Hall–Kier alpha value is -2.40. The molecule has 5 nitrogen and oxygen atoms in total. The van der Waals surface area contributed by atoms with E-state index in [1.807, 2.05) is 31.0 Å². The molecule has 1 saturated heterocycles. The van der Waals surface area contributed by atoms with Gasteiger partial charge in [-0.1, -0.05) is 24.3 Å². The van der Waals surface area contributed by atoms with Crippen molar-refractivity contribution in [3.8, 4) is 0 Å². The molecule has 1 aliphatic rings. The Bertz CT molecular complexity index is 762. The van der Waals surface area contributed by atoms with Crippen LogP contribution in [0.5, 0.6) is 0 Å². The van der Waals surface area contributed by atoms with Crippen molar-refractivity contribution in [3.63, 3.8) is 0 Å². The third kappa shape index (κ3) is 2.23. The fraction of sp³-hybridized carbons (Fsp3) is 0.294. The van der Waals surface area contributed by atoms with Gasteiger partial charge < -0.3 is 10.7 Å². The summed E-state index contributed by atoms with van der Waals surface area (Å²) in [5.41, 5.74) is 8.55. The number of para-hydroxylation sites is 1. The van der Waals surface area contributed by atoms with E-state index in [2.05, 4.69) is 43.9 Å². The van der Waals surface area contributed by atoms with Gasteiger partial charge in [0.25, 0.3) is 0 Å². The standard InChI is InChI=1S/C17H19N5/c18-14-6-9-22(21-10-8-19-12-21)16(11-14)15-5-1-3-13-4-2-7-20-17(13)15/h1-5,7-8,10,12,14,16H,6,9,11,18H2. The number of nitrogens with zero attached hydrogens (tertiary/aromatic N) is 4. The topological polar surface area (TPSA) is 60.0 Å². The molecule has 0 aliphatic carbocycles. The first kappa shape index (κ1) is 13.3. The van der Waals surface area contributed by atoms with E-state index in [-0.39, 0.29) is 12.1 Å². The van der Waals surface area contributed by atoms with Crippen molar-refractivity contribution in [2.45, 2.75) is 24.9 Å². The molecule has 3 heterocycles. The molecule has 0 saturated carbocycles. The predicted molar refractivity (Wildman–Crippen MR) is 87.0 cm³/mol. The summed E-state index contributed by atoms with van der Waals surface area (Å²) >= 11 is 0. The van der Waals surface area contributed by atoms with E-state index in [1.165, 1.54) is 10.9 Å². The Balaban J connectivity index is 1.82. The first-order valence-corrected chi connectivity index (χ1v) is 7.67. The fourth-order valence-electron chi connectivity index (χ4n) is 3.34. The van der Waals surface area contributed by atoms with E-state index in [1.54, 1.807) is 0 Å². The number of rotatable bonds is 2. The summed E-state index contributed by atoms with van der Waals surface area (Å²) in [5, 5.41) is 3.50. The predicted octanol–water partition coefficient (Wildman–Crippen LogP) is 2.23. The van der Waals surface area contributed by atoms with Crippen LogP contribution in [0, 0.1) is 0 Å². The van der Waals surface area contributed by atoms with Crippen molar-refractivity contribution in [2.24, 2.45) is 5.73 Å². The van der Waals surface area contributed by atoms with Gasteiger partial charge in [0.15, 0.2) is 0 Å². The normalized spacial score (nSPS) is 22.1. The van der Waals surface area contributed by atoms with Crippen LogP contribution in [0.15, 0.2) is 55.2 Å². The molecule has 22 heavy (non-hydrogen) atoms. The molecule has 0 amide bonds. The monoisotopic (exact) mass is 293 g/mol. The van der Waals surface area contributed by atoms with Crippen LogP contribution in [-0.2, 0) is 0 Å². The summed E-state index contributed by atoms with van der Waals surface area (Å²) in [5.74, 6) is 0. The number of pyridine rings is 1. The van der Waals surface area contributed by atoms with E-state index in [0.29, 0.717) is 0 Å². The minimum absolute atomic E-state index is 0.219. The van der Waals surface area contributed by atoms with E-state index < -0.39 is 0 Å². The lowest BCUT2D eigenvalue weighted by atomic mass is 9.92. The van der Waals surface area contributed by atoms with Crippen molar-refractivity contribution >= 4 is 10.9 Å².